The van der Waals surface area contributed by atoms with Crippen molar-refractivity contribution in [1.29, 1.82) is 5.26 Å². The second-order valence-corrected chi connectivity index (χ2v) is 6.16. The van der Waals surface area contributed by atoms with Gasteiger partial charge in [0.1, 0.15) is 5.82 Å². The molecule has 1 aromatic heterocycles. The van der Waals surface area contributed by atoms with Crippen molar-refractivity contribution in [3.63, 3.8) is 0 Å². The van der Waals surface area contributed by atoms with Gasteiger partial charge in [0.15, 0.2) is 0 Å². The van der Waals surface area contributed by atoms with Gasteiger partial charge in [-0.05, 0) is 43.9 Å². The van der Waals surface area contributed by atoms with E-state index in [0.29, 0.717) is 24.3 Å². The van der Waals surface area contributed by atoms with Gasteiger partial charge in [0.2, 0.25) is 0 Å². The lowest BCUT2D eigenvalue weighted by Gasteiger charge is -2.31. The number of amides is 1. The average molecular weight is 338 g/mol. The normalized spacial score (nSPS) is 16.2. The van der Waals surface area contributed by atoms with Crippen molar-refractivity contribution in [2.75, 3.05) is 13.2 Å². The second kappa shape index (κ2) is 7.95. The molecule has 0 radical (unpaired) electrons. The molecule has 2 aromatic rings. The maximum atomic E-state index is 12.8. The van der Waals surface area contributed by atoms with Crippen molar-refractivity contribution < 1.29 is 9.53 Å². The first-order chi connectivity index (χ1) is 12.2. The number of benzene rings is 1. The molecule has 1 aromatic carbocycles. The highest BCUT2D eigenvalue weighted by atomic mass is 16.5. The Bertz CT molecular complexity index is 772. The lowest BCUT2D eigenvalue weighted by atomic mass is 9.90. The molecule has 0 saturated carbocycles. The Balaban J connectivity index is 1.86. The highest BCUT2D eigenvalue weighted by molar-refractivity contribution is 5.94. The van der Waals surface area contributed by atoms with Crippen LogP contribution in [0.4, 0.5) is 0 Å². The van der Waals surface area contributed by atoms with E-state index >= 15 is 0 Å². The van der Waals surface area contributed by atoms with Crippen molar-refractivity contribution in [2.24, 2.45) is 5.92 Å². The Morgan fingerprint density at radius 3 is 3.00 bits per heavy atom. The van der Waals surface area contributed by atoms with E-state index in [2.05, 4.69) is 27.9 Å². The van der Waals surface area contributed by atoms with Crippen molar-refractivity contribution in [3.05, 3.63) is 53.6 Å². The molecule has 0 bridgehead atoms. The van der Waals surface area contributed by atoms with E-state index in [9.17, 15) is 4.79 Å². The van der Waals surface area contributed by atoms with Gasteiger partial charge < -0.3 is 14.6 Å². The maximum Gasteiger partial charge on any atom is 0.251 e. The van der Waals surface area contributed by atoms with Crippen LogP contribution in [-0.2, 0) is 11.3 Å². The third-order valence-corrected chi connectivity index (χ3v) is 4.64. The number of imidazole rings is 1. The molecule has 2 heterocycles. The van der Waals surface area contributed by atoms with Crippen LogP contribution in [0, 0.1) is 17.2 Å². The maximum absolute atomic E-state index is 12.8. The van der Waals surface area contributed by atoms with Crippen LogP contribution in [0.15, 0.2) is 36.7 Å². The van der Waals surface area contributed by atoms with Crippen molar-refractivity contribution in [1.82, 2.24) is 14.9 Å². The number of nitrogens with one attached hydrogen (secondary N) is 1. The van der Waals surface area contributed by atoms with Crippen LogP contribution in [0.2, 0.25) is 0 Å². The Morgan fingerprint density at radius 1 is 1.48 bits per heavy atom. The first-order valence-corrected chi connectivity index (χ1v) is 8.62. The summed E-state index contributed by atoms with van der Waals surface area (Å²) < 4.78 is 7.53. The van der Waals surface area contributed by atoms with Crippen LogP contribution < -0.4 is 5.32 Å². The van der Waals surface area contributed by atoms with Gasteiger partial charge in [-0.25, -0.2) is 4.98 Å². The molecule has 1 amide bonds. The predicted octanol–water partition coefficient (Wildman–Crippen LogP) is 2.67. The Labute approximate surface area is 147 Å². The summed E-state index contributed by atoms with van der Waals surface area (Å²) in [7, 11) is 0. The first-order valence-electron chi connectivity index (χ1n) is 8.62. The van der Waals surface area contributed by atoms with Gasteiger partial charge in [-0.3, -0.25) is 4.79 Å². The number of hydrogen-bond donors (Lipinski definition) is 1. The smallest absolute Gasteiger partial charge is 0.251 e. The molecule has 0 aliphatic carbocycles. The molecule has 3 rings (SSSR count). The Hall–Kier alpha value is -2.65. The van der Waals surface area contributed by atoms with E-state index in [1.165, 1.54) is 0 Å². The van der Waals surface area contributed by atoms with E-state index in [1.54, 1.807) is 30.5 Å². The van der Waals surface area contributed by atoms with Crippen LogP contribution in [0.5, 0.6) is 0 Å². The lowest BCUT2D eigenvalue weighted by Crippen LogP contribution is -2.37. The van der Waals surface area contributed by atoms with Gasteiger partial charge in [-0.15, -0.1) is 0 Å². The van der Waals surface area contributed by atoms with Crippen LogP contribution >= 0.6 is 0 Å². The molecule has 1 saturated heterocycles. The molecule has 6 heteroatoms. The van der Waals surface area contributed by atoms with Gasteiger partial charge in [-0.2, -0.15) is 5.26 Å². The largest absolute Gasteiger partial charge is 0.381 e. The predicted molar refractivity (Wildman–Crippen MR) is 92.8 cm³/mol. The van der Waals surface area contributed by atoms with Gasteiger partial charge >= 0.3 is 0 Å². The van der Waals surface area contributed by atoms with E-state index in [4.69, 9.17) is 10.00 Å². The Morgan fingerprint density at radius 2 is 2.28 bits per heavy atom. The highest BCUT2D eigenvalue weighted by Crippen LogP contribution is 2.29. The third-order valence-electron chi connectivity index (χ3n) is 4.64. The number of aryl methyl sites for hydroxylation is 1. The molecule has 1 fully saturated rings. The minimum Gasteiger partial charge on any atom is -0.381 e. The molecule has 6 nitrogen and oxygen atoms in total. The second-order valence-electron chi connectivity index (χ2n) is 6.16. The fourth-order valence-corrected chi connectivity index (χ4v) is 3.26. The summed E-state index contributed by atoms with van der Waals surface area (Å²) in [6, 6.07) is 8.66. The van der Waals surface area contributed by atoms with E-state index in [0.717, 1.165) is 25.2 Å². The molecule has 25 heavy (non-hydrogen) atoms. The molecular weight excluding hydrogens is 316 g/mol. The number of nitriles is 1. The van der Waals surface area contributed by atoms with Crippen LogP contribution in [0.3, 0.4) is 0 Å². The molecular formula is C19H22N4O2. The fourth-order valence-electron chi connectivity index (χ4n) is 3.26. The zero-order valence-corrected chi connectivity index (χ0v) is 14.3. The zero-order valence-electron chi connectivity index (χ0n) is 14.3. The monoisotopic (exact) mass is 338 g/mol. The molecule has 0 unspecified atom stereocenters. The third kappa shape index (κ3) is 3.89. The number of aromatic nitrogens is 2. The first kappa shape index (κ1) is 17.2. The molecule has 1 aliphatic heterocycles. The summed E-state index contributed by atoms with van der Waals surface area (Å²) in [6.45, 7) is 4.26. The van der Waals surface area contributed by atoms with Crippen LogP contribution in [0.1, 0.15) is 47.6 Å². The molecule has 1 atom stereocenters. The molecule has 0 spiro atoms. The summed E-state index contributed by atoms with van der Waals surface area (Å²) in [4.78, 5) is 17.3. The fraction of sp³-hybridized carbons (Fsp3) is 0.421. The number of carbonyl (C=O) groups excluding carboxylic acids is 1. The standard InChI is InChI=1S/C19H22N4O2/c1-2-23-9-8-21-18(23)17(15-6-10-25-11-7-15)22-19(24)16-5-3-4-14(12-16)13-20/h3-5,8-9,12,15,17H,2,6-7,10-11H2,1H3,(H,22,24)/t17-/m0/s1. The number of carbonyl (C=O) groups is 1. The minimum atomic E-state index is -0.181. The van der Waals surface area contributed by atoms with Gasteiger partial charge in [-0.1, -0.05) is 6.07 Å². The van der Waals surface area contributed by atoms with Gasteiger partial charge in [0.25, 0.3) is 5.91 Å². The van der Waals surface area contributed by atoms with E-state index in [1.807, 2.05) is 6.20 Å². The molecule has 1 aliphatic rings. The van der Waals surface area contributed by atoms with Crippen molar-refractivity contribution in [2.45, 2.75) is 32.4 Å². The van der Waals surface area contributed by atoms with Crippen molar-refractivity contribution >= 4 is 5.91 Å². The van der Waals surface area contributed by atoms with Gasteiger partial charge in [0, 0.05) is 37.7 Å². The zero-order chi connectivity index (χ0) is 17.6. The topological polar surface area (TPSA) is 79.9 Å². The van der Waals surface area contributed by atoms with E-state index in [-0.39, 0.29) is 17.9 Å². The Kier molecular flexibility index (Phi) is 5.46. The summed E-state index contributed by atoms with van der Waals surface area (Å²) in [5.74, 6) is 0.975. The minimum absolute atomic E-state index is 0.169. The molecule has 1 N–H and O–H groups in total. The lowest BCUT2D eigenvalue weighted by molar-refractivity contribution is 0.0498. The number of nitrogens with zero attached hydrogens (tertiary/aromatic N) is 3. The average Bonchev–Trinajstić information content (AvgIpc) is 3.15. The quantitative estimate of drug-likeness (QED) is 0.909. The summed E-state index contributed by atoms with van der Waals surface area (Å²) in [6.07, 6.45) is 5.48. The van der Waals surface area contributed by atoms with Crippen LogP contribution in [0.25, 0.3) is 0 Å². The van der Waals surface area contributed by atoms with Crippen LogP contribution in [-0.4, -0.2) is 28.7 Å². The number of ether oxygens (including phenoxy) is 1. The highest BCUT2D eigenvalue weighted by Gasteiger charge is 2.30. The SMILES string of the molecule is CCn1ccnc1[C@@H](NC(=O)c1cccc(C#N)c1)C1CCOCC1. The van der Waals surface area contributed by atoms with E-state index < -0.39 is 0 Å². The number of hydrogen-bond acceptors (Lipinski definition) is 4. The summed E-state index contributed by atoms with van der Waals surface area (Å²) >= 11 is 0. The van der Waals surface area contributed by atoms with Crippen molar-refractivity contribution in [3.8, 4) is 6.07 Å². The summed E-state index contributed by atoms with van der Waals surface area (Å²) in [5.41, 5.74) is 0.969. The molecule has 130 valence electrons. The van der Waals surface area contributed by atoms with Gasteiger partial charge in [0.05, 0.1) is 17.7 Å². The summed E-state index contributed by atoms with van der Waals surface area (Å²) in [5, 5.41) is 12.2. The number of rotatable bonds is 5.